The highest BCUT2D eigenvalue weighted by atomic mass is 16.6. The number of hydrogen-bond acceptors (Lipinski definition) is 6. The maximum atomic E-state index is 10.9. The van der Waals surface area contributed by atoms with E-state index in [1.807, 2.05) is 31.3 Å². The molecule has 0 aromatic heterocycles. The lowest BCUT2D eigenvalue weighted by molar-refractivity contribution is -0.385. The molecular formula is C17H21N5O2. The average Bonchev–Trinajstić information content (AvgIpc) is 2.60. The van der Waals surface area contributed by atoms with E-state index in [0.29, 0.717) is 11.3 Å². The molecule has 0 unspecified atom stereocenters. The molecule has 7 heteroatoms. The second kappa shape index (κ2) is 8.16. The van der Waals surface area contributed by atoms with Crippen molar-refractivity contribution >= 4 is 22.7 Å². The highest BCUT2D eigenvalue weighted by molar-refractivity contribution is 5.53. The van der Waals surface area contributed by atoms with Gasteiger partial charge in [0.15, 0.2) is 0 Å². The summed E-state index contributed by atoms with van der Waals surface area (Å²) in [6.45, 7) is 3.21. The molecule has 0 amide bonds. The van der Waals surface area contributed by atoms with Crippen LogP contribution in [0.5, 0.6) is 0 Å². The van der Waals surface area contributed by atoms with E-state index in [1.165, 1.54) is 6.07 Å². The molecule has 0 aliphatic heterocycles. The van der Waals surface area contributed by atoms with E-state index in [4.69, 9.17) is 5.73 Å². The Labute approximate surface area is 141 Å². The number of nitro benzene ring substituents is 1. The lowest BCUT2D eigenvalue weighted by atomic mass is 10.1. The smallest absolute Gasteiger partial charge is 0.274 e. The molecule has 2 aromatic rings. The zero-order chi connectivity index (χ0) is 17.5. The van der Waals surface area contributed by atoms with Gasteiger partial charge in [-0.3, -0.25) is 10.1 Å². The Hall–Kier alpha value is -2.80. The first-order valence-electron chi connectivity index (χ1n) is 7.75. The Kier molecular flexibility index (Phi) is 5.97. The molecule has 0 aliphatic carbocycles. The van der Waals surface area contributed by atoms with Gasteiger partial charge in [0.25, 0.3) is 5.69 Å². The van der Waals surface area contributed by atoms with Gasteiger partial charge < -0.3 is 10.6 Å². The van der Waals surface area contributed by atoms with Gasteiger partial charge in [-0.05, 0) is 42.8 Å². The molecule has 2 rings (SSSR count). The minimum atomic E-state index is -0.450. The van der Waals surface area contributed by atoms with Crippen molar-refractivity contribution in [2.75, 3.05) is 18.5 Å². The van der Waals surface area contributed by atoms with E-state index in [2.05, 4.69) is 22.1 Å². The fourth-order valence-electron chi connectivity index (χ4n) is 2.33. The molecule has 7 nitrogen and oxygen atoms in total. The monoisotopic (exact) mass is 327 g/mol. The van der Waals surface area contributed by atoms with Crippen LogP contribution in [-0.4, -0.2) is 18.5 Å². The fourth-order valence-corrected chi connectivity index (χ4v) is 2.33. The van der Waals surface area contributed by atoms with Crippen molar-refractivity contribution in [1.82, 2.24) is 0 Å². The van der Waals surface area contributed by atoms with Gasteiger partial charge in [0.05, 0.1) is 16.3 Å². The Bertz CT molecular complexity index is 728. The van der Waals surface area contributed by atoms with E-state index in [-0.39, 0.29) is 12.2 Å². The van der Waals surface area contributed by atoms with E-state index in [1.54, 1.807) is 12.1 Å². The molecule has 2 N–H and O–H groups in total. The zero-order valence-electron chi connectivity index (χ0n) is 13.8. The lowest BCUT2D eigenvalue weighted by Gasteiger charge is -2.17. The number of nitro groups is 1. The summed E-state index contributed by atoms with van der Waals surface area (Å²) in [5.41, 5.74) is 8.37. The highest BCUT2D eigenvalue weighted by Gasteiger charge is 2.12. The lowest BCUT2D eigenvalue weighted by Crippen LogP contribution is -2.17. The maximum absolute atomic E-state index is 10.9. The summed E-state index contributed by atoms with van der Waals surface area (Å²) < 4.78 is 0. The molecule has 0 fully saturated rings. The highest BCUT2D eigenvalue weighted by Crippen LogP contribution is 2.26. The van der Waals surface area contributed by atoms with Crippen molar-refractivity contribution in [3.8, 4) is 0 Å². The standard InChI is InChI=1S/C17H21N5O2/c1-3-10-21(2)16-7-4-14(5-8-16)19-20-15-6-9-17(22(23)24)13(11-15)12-18/h4-9,11H,3,10,12,18H2,1-2H3. The molecule has 0 spiro atoms. The van der Waals surface area contributed by atoms with Crippen molar-refractivity contribution in [2.45, 2.75) is 19.9 Å². The summed E-state index contributed by atoms with van der Waals surface area (Å²) >= 11 is 0. The maximum Gasteiger partial charge on any atom is 0.274 e. The summed E-state index contributed by atoms with van der Waals surface area (Å²) in [6.07, 6.45) is 1.08. The quantitative estimate of drug-likeness (QED) is 0.465. The van der Waals surface area contributed by atoms with Crippen LogP contribution in [0.1, 0.15) is 18.9 Å². The molecule has 126 valence electrons. The Balaban J connectivity index is 2.14. The van der Waals surface area contributed by atoms with E-state index in [0.717, 1.165) is 24.3 Å². The minimum absolute atomic E-state index is 0.000218. The zero-order valence-corrected chi connectivity index (χ0v) is 13.8. The summed E-state index contributed by atoms with van der Waals surface area (Å²) in [7, 11) is 2.05. The number of hydrogen-bond donors (Lipinski definition) is 1. The predicted octanol–water partition coefficient (Wildman–Crippen LogP) is 4.32. The van der Waals surface area contributed by atoms with Crippen LogP contribution >= 0.6 is 0 Å². The van der Waals surface area contributed by atoms with Crippen LogP contribution in [0, 0.1) is 10.1 Å². The summed E-state index contributed by atoms with van der Waals surface area (Å²) in [4.78, 5) is 12.6. The van der Waals surface area contributed by atoms with Gasteiger partial charge in [-0.1, -0.05) is 6.92 Å². The molecule has 0 bridgehead atoms. The summed E-state index contributed by atoms with van der Waals surface area (Å²) in [5, 5.41) is 19.2. The molecule has 2 aromatic carbocycles. The Morgan fingerprint density at radius 2 is 1.75 bits per heavy atom. The predicted molar refractivity (Wildman–Crippen MR) is 95.2 cm³/mol. The molecule has 24 heavy (non-hydrogen) atoms. The van der Waals surface area contributed by atoms with E-state index in [9.17, 15) is 10.1 Å². The third kappa shape index (κ3) is 4.36. The Morgan fingerprint density at radius 3 is 2.33 bits per heavy atom. The molecule has 0 heterocycles. The molecule has 0 saturated carbocycles. The number of nitrogens with zero attached hydrogens (tertiary/aromatic N) is 4. The van der Waals surface area contributed by atoms with Gasteiger partial charge >= 0.3 is 0 Å². The SMILES string of the molecule is CCCN(C)c1ccc(N=Nc2ccc([N+](=O)[O-])c(CN)c2)cc1. The number of azo groups is 1. The minimum Gasteiger partial charge on any atom is -0.375 e. The van der Waals surface area contributed by atoms with Crippen LogP contribution in [0.25, 0.3) is 0 Å². The summed E-state index contributed by atoms with van der Waals surface area (Å²) in [6, 6.07) is 12.3. The number of nitrogens with two attached hydrogens (primary N) is 1. The fraction of sp³-hybridized carbons (Fsp3) is 0.294. The van der Waals surface area contributed by atoms with Gasteiger partial charge in [-0.25, -0.2) is 0 Å². The summed E-state index contributed by atoms with van der Waals surface area (Å²) in [5.74, 6) is 0. The third-order valence-electron chi connectivity index (χ3n) is 3.61. The van der Waals surface area contributed by atoms with Crippen LogP contribution < -0.4 is 10.6 Å². The van der Waals surface area contributed by atoms with E-state index < -0.39 is 4.92 Å². The molecular weight excluding hydrogens is 306 g/mol. The van der Waals surface area contributed by atoms with Crippen molar-refractivity contribution in [3.05, 3.63) is 58.1 Å². The molecule has 0 radical (unpaired) electrons. The largest absolute Gasteiger partial charge is 0.375 e. The number of benzene rings is 2. The van der Waals surface area contributed by atoms with Gasteiger partial charge in [0.1, 0.15) is 0 Å². The second-order valence-electron chi connectivity index (χ2n) is 5.41. The van der Waals surface area contributed by atoms with Crippen molar-refractivity contribution < 1.29 is 4.92 Å². The van der Waals surface area contributed by atoms with Crippen molar-refractivity contribution in [3.63, 3.8) is 0 Å². The van der Waals surface area contributed by atoms with Crippen LogP contribution in [0.4, 0.5) is 22.7 Å². The topological polar surface area (TPSA) is 97.1 Å². The van der Waals surface area contributed by atoms with Crippen LogP contribution in [-0.2, 0) is 6.54 Å². The first-order chi connectivity index (χ1) is 11.5. The third-order valence-corrected chi connectivity index (χ3v) is 3.61. The second-order valence-corrected chi connectivity index (χ2v) is 5.41. The number of rotatable bonds is 7. The van der Waals surface area contributed by atoms with Crippen LogP contribution in [0.3, 0.4) is 0 Å². The van der Waals surface area contributed by atoms with E-state index >= 15 is 0 Å². The van der Waals surface area contributed by atoms with Gasteiger partial charge in [0.2, 0.25) is 0 Å². The first-order valence-corrected chi connectivity index (χ1v) is 7.75. The normalized spacial score (nSPS) is 11.0. The Morgan fingerprint density at radius 1 is 1.12 bits per heavy atom. The van der Waals surface area contributed by atoms with Crippen LogP contribution in [0.2, 0.25) is 0 Å². The van der Waals surface area contributed by atoms with Gasteiger partial charge in [-0.15, -0.1) is 0 Å². The first kappa shape index (κ1) is 17.6. The van der Waals surface area contributed by atoms with Gasteiger partial charge in [0, 0.05) is 37.5 Å². The molecule has 0 saturated heterocycles. The van der Waals surface area contributed by atoms with Crippen molar-refractivity contribution in [1.29, 1.82) is 0 Å². The molecule has 0 aliphatic rings. The van der Waals surface area contributed by atoms with Crippen molar-refractivity contribution in [2.24, 2.45) is 16.0 Å². The van der Waals surface area contributed by atoms with Gasteiger partial charge in [-0.2, -0.15) is 10.2 Å². The number of anilines is 1. The average molecular weight is 327 g/mol. The molecule has 0 atom stereocenters. The van der Waals surface area contributed by atoms with Crippen LogP contribution in [0.15, 0.2) is 52.7 Å².